The number of aromatic nitrogens is 2. The fraction of sp³-hybridized carbons (Fsp3) is 0.481. The molecule has 0 spiro atoms. The first-order chi connectivity index (χ1) is 16.0. The number of fused-ring (bicyclic) bond motifs is 1. The van der Waals surface area contributed by atoms with Crippen LogP contribution in [0.5, 0.6) is 5.75 Å². The molecule has 0 amide bonds. The maximum Gasteiger partial charge on any atom is 0.303 e. The lowest BCUT2D eigenvalue weighted by atomic mass is 9.63. The van der Waals surface area contributed by atoms with Crippen molar-refractivity contribution in [3.63, 3.8) is 0 Å². The first-order valence-electron chi connectivity index (χ1n) is 11.8. The van der Waals surface area contributed by atoms with E-state index in [-0.39, 0.29) is 35.2 Å². The largest absolute Gasteiger partial charge is 0.497 e. The summed E-state index contributed by atoms with van der Waals surface area (Å²) in [5, 5.41) is 12.4. The van der Waals surface area contributed by atoms with E-state index in [9.17, 15) is 4.79 Å². The van der Waals surface area contributed by atoms with E-state index in [4.69, 9.17) is 14.8 Å². The fourth-order valence-corrected chi connectivity index (χ4v) is 5.84. The number of imidazole rings is 1. The third-order valence-electron chi connectivity index (χ3n) is 6.73. The van der Waals surface area contributed by atoms with E-state index >= 15 is 4.39 Å². The zero-order chi connectivity index (χ0) is 24.7. The van der Waals surface area contributed by atoms with Crippen LogP contribution in [0.25, 0.3) is 11.0 Å². The lowest BCUT2D eigenvalue weighted by molar-refractivity contribution is -0.136. The molecule has 1 fully saturated rings. The maximum absolute atomic E-state index is 15.5. The van der Waals surface area contributed by atoms with E-state index in [2.05, 4.69) is 37.6 Å². The molecular formula is C27H34FN3O3. The molecule has 1 saturated carbocycles. The smallest absolute Gasteiger partial charge is 0.303 e. The van der Waals surface area contributed by atoms with Gasteiger partial charge in [-0.05, 0) is 72.4 Å². The number of benzene rings is 2. The number of carboxylic acid groups (broad SMARTS) is 1. The number of carbonyl (C=O) groups is 1. The highest BCUT2D eigenvalue weighted by Gasteiger charge is 2.40. The van der Waals surface area contributed by atoms with Gasteiger partial charge in [-0.2, -0.15) is 0 Å². The number of halogens is 1. The Morgan fingerprint density at radius 2 is 1.79 bits per heavy atom. The number of carboxylic acids is 1. The van der Waals surface area contributed by atoms with E-state index in [0.29, 0.717) is 11.5 Å². The fourth-order valence-electron chi connectivity index (χ4n) is 5.84. The molecule has 6 nitrogen and oxygen atoms in total. The second-order valence-corrected chi connectivity index (χ2v) is 11.0. The molecule has 34 heavy (non-hydrogen) atoms. The van der Waals surface area contributed by atoms with Crippen LogP contribution in [0, 0.1) is 16.6 Å². The Balaban J connectivity index is 1.82. The number of aryl methyl sites for hydroxylation is 1. The Hall–Kier alpha value is -3.09. The van der Waals surface area contributed by atoms with Crippen molar-refractivity contribution in [1.29, 1.82) is 0 Å². The van der Waals surface area contributed by atoms with Crippen LogP contribution in [0.4, 0.5) is 16.0 Å². The van der Waals surface area contributed by atoms with Crippen LogP contribution in [0.1, 0.15) is 65.0 Å². The van der Waals surface area contributed by atoms with Crippen LogP contribution in [0.15, 0.2) is 36.4 Å². The molecular weight excluding hydrogens is 433 g/mol. The molecule has 1 heterocycles. The molecule has 182 valence electrons. The molecule has 1 aromatic heterocycles. The topological polar surface area (TPSA) is 76.4 Å². The zero-order valence-electron chi connectivity index (χ0n) is 20.6. The monoisotopic (exact) mass is 467 g/mol. The molecule has 0 saturated heterocycles. The molecule has 2 N–H and O–H groups in total. The minimum atomic E-state index is -0.946. The summed E-state index contributed by atoms with van der Waals surface area (Å²) in [7, 11) is 1.62. The van der Waals surface area contributed by atoms with Crippen molar-refractivity contribution in [3.8, 4) is 5.75 Å². The lowest BCUT2D eigenvalue weighted by Crippen LogP contribution is -2.35. The minimum Gasteiger partial charge on any atom is -0.497 e. The van der Waals surface area contributed by atoms with Gasteiger partial charge in [0, 0.05) is 18.2 Å². The highest BCUT2D eigenvalue weighted by Crippen LogP contribution is 2.51. The normalized spacial score (nSPS) is 17.6. The van der Waals surface area contributed by atoms with Gasteiger partial charge in [-0.3, -0.25) is 4.79 Å². The summed E-state index contributed by atoms with van der Waals surface area (Å²) in [4.78, 5) is 15.7. The number of rotatable bonds is 7. The Bertz CT molecular complexity index is 1180. The number of aliphatic carboxylic acids is 1. The van der Waals surface area contributed by atoms with Gasteiger partial charge in [-0.25, -0.2) is 9.37 Å². The predicted octanol–water partition coefficient (Wildman–Crippen LogP) is 6.72. The van der Waals surface area contributed by atoms with Gasteiger partial charge < -0.3 is 19.7 Å². The number of nitrogens with zero attached hydrogens (tertiary/aromatic N) is 2. The number of hydrogen-bond acceptors (Lipinski definition) is 4. The predicted molar refractivity (Wildman–Crippen MR) is 132 cm³/mol. The number of anilines is 2. The third kappa shape index (κ3) is 5.03. The number of nitrogens with one attached hydrogen (secondary N) is 1. The third-order valence-corrected chi connectivity index (χ3v) is 6.73. The van der Waals surface area contributed by atoms with Crippen LogP contribution in [-0.2, 0) is 11.2 Å². The molecule has 1 aliphatic rings. The lowest BCUT2D eigenvalue weighted by Gasteiger charge is -2.45. The SMILES string of the molecule is COc1ccc(Nc2nc3c(F)c(CCC(=O)O)ccc3n2C2CC(C)(C)CC(C)(C)C2)cc1. The van der Waals surface area contributed by atoms with Crippen LogP contribution in [-0.4, -0.2) is 27.7 Å². The van der Waals surface area contributed by atoms with Crippen molar-refractivity contribution in [3.05, 3.63) is 47.8 Å². The van der Waals surface area contributed by atoms with E-state index in [1.54, 1.807) is 13.2 Å². The van der Waals surface area contributed by atoms with Gasteiger partial charge in [-0.15, -0.1) is 0 Å². The Labute approximate surface area is 200 Å². The molecule has 1 aliphatic carbocycles. The first-order valence-corrected chi connectivity index (χ1v) is 11.8. The van der Waals surface area contributed by atoms with Gasteiger partial charge in [0.05, 0.1) is 12.6 Å². The van der Waals surface area contributed by atoms with Crippen LogP contribution >= 0.6 is 0 Å². The summed E-state index contributed by atoms with van der Waals surface area (Å²) in [6.07, 6.45) is 3.06. The summed E-state index contributed by atoms with van der Waals surface area (Å²) in [5.74, 6) is -0.0416. The molecule has 0 radical (unpaired) electrons. The van der Waals surface area contributed by atoms with Crippen LogP contribution in [0.3, 0.4) is 0 Å². The van der Waals surface area contributed by atoms with Gasteiger partial charge >= 0.3 is 5.97 Å². The van der Waals surface area contributed by atoms with Crippen molar-refractivity contribution < 1.29 is 19.0 Å². The van der Waals surface area contributed by atoms with Gasteiger partial charge in [0.1, 0.15) is 11.3 Å². The van der Waals surface area contributed by atoms with E-state index in [1.165, 1.54) is 0 Å². The van der Waals surface area contributed by atoms with Crippen molar-refractivity contribution in [1.82, 2.24) is 9.55 Å². The van der Waals surface area contributed by atoms with Crippen molar-refractivity contribution in [2.24, 2.45) is 10.8 Å². The Kier molecular flexibility index (Phi) is 6.32. The summed E-state index contributed by atoms with van der Waals surface area (Å²) < 4.78 is 22.9. The first kappa shape index (κ1) is 24.0. The van der Waals surface area contributed by atoms with Crippen molar-refractivity contribution in [2.45, 2.75) is 65.8 Å². The van der Waals surface area contributed by atoms with Gasteiger partial charge in [0.2, 0.25) is 5.95 Å². The van der Waals surface area contributed by atoms with Gasteiger partial charge in [0.25, 0.3) is 0 Å². The summed E-state index contributed by atoms with van der Waals surface area (Å²) in [5.41, 5.74) is 2.49. The minimum absolute atomic E-state index is 0.120. The Morgan fingerprint density at radius 3 is 2.38 bits per heavy atom. The molecule has 0 unspecified atom stereocenters. The molecule has 2 aromatic carbocycles. The standard InChI is InChI=1S/C27H34FN3O3/c1-26(2)14-19(15-27(3,4)16-26)31-21-12-6-17(7-13-22(32)33)23(28)24(21)30-25(31)29-18-8-10-20(34-5)11-9-18/h6,8-12,19H,7,13-16H2,1-5H3,(H,29,30)(H,32,33). The molecule has 4 rings (SSSR count). The average Bonchev–Trinajstić information content (AvgIpc) is 3.10. The highest BCUT2D eigenvalue weighted by atomic mass is 19.1. The average molecular weight is 468 g/mol. The molecule has 0 aliphatic heterocycles. The number of methoxy groups -OCH3 is 1. The zero-order valence-corrected chi connectivity index (χ0v) is 20.6. The second kappa shape index (κ2) is 8.93. The summed E-state index contributed by atoms with van der Waals surface area (Å²) in [6.45, 7) is 9.17. The molecule has 0 bridgehead atoms. The van der Waals surface area contributed by atoms with E-state index < -0.39 is 11.8 Å². The van der Waals surface area contributed by atoms with Crippen molar-refractivity contribution >= 4 is 28.6 Å². The van der Waals surface area contributed by atoms with Gasteiger partial charge in [0.15, 0.2) is 5.82 Å². The van der Waals surface area contributed by atoms with Crippen LogP contribution in [0.2, 0.25) is 0 Å². The van der Waals surface area contributed by atoms with Crippen molar-refractivity contribution in [2.75, 3.05) is 12.4 Å². The summed E-state index contributed by atoms with van der Waals surface area (Å²) >= 11 is 0. The number of ether oxygens (including phenoxy) is 1. The van der Waals surface area contributed by atoms with Gasteiger partial charge in [-0.1, -0.05) is 33.8 Å². The highest BCUT2D eigenvalue weighted by molar-refractivity contribution is 5.81. The molecule has 0 atom stereocenters. The maximum atomic E-state index is 15.5. The van der Waals surface area contributed by atoms with Crippen LogP contribution < -0.4 is 10.1 Å². The quantitative estimate of drug-likeness (QED) is 0.403. The molecule has 7 heteroatoms. The second-order valence-electron chi connectivity index (χ2n) is 11.0. The number of hydrogen-bond donors (Lipinski definition) is 2. The van der Waals surface area contributed by atoms with E-state index in [1.807, 2.05) is 30.3 Å². The summed E-state index contributed by atoms with van der Waals surface area (Å²) in [6, 6.07) is 11.3. The van der Waals surface area contributed by atoms with E-state index in [0.717, 1.165) is 36.2 Å². The Morgan fingerprint density at radius 1 is 1.15 bits per heavy atom. The molecule has 3 aromatic rings.